The highest BCUT2D eigenvalue weighted by atomic mass is 16.5. The van der Waals surface area contributed by atoms with Crippen LogP contribution >= 0.6 is 0 Å². The molecule has 5 nitrogen and oxygen atoms in total. The summed E-state index contributed by atoms with van der Waals surface area (Å²) >= 11 is 0. The van der Waals surface area contributed by atoms with Crippen molar-refractivity contribution in [3.63, 3.8) is 0 Å². The molecule has 4 rings (SSSR count). The minimum Gasteiger partial charge on any atom is -0.496 e. The average molecular weight is 347 g/mol. The zero-order valence-corrected chi connectivity index (χ0v) is 14.7. The Hall–Kier alpha value is -2.92. The van der Waals surface area contributed by atoms with Crippen molar-refractivity contribution in [3.05, 3.63) is 72.3 Å². The fourth-order valence-electron chi connectivity index (χ4n) is 3.47. The van der Waals surface area contributed by atoms with Crippen LogP contribution in [0.3, 0.4) is 0 Å². The Labute approximate surface area is 152 Å². The maximum Gasteiger partial charge on any atom is 0.151 e. The summed E-state index contributed by atoms with van der Waals surface area (Å²) < 4.78 is 5.39. The molecule has 1 fully saturated rings. The molecule has 1 aliphatic heterocycles. The number of hydrogen-bond acceptors (Lipinski definition) is 5. The highest BCUT2D eigenvalue weighted by molar-refractivity contribution is 5.67. The molecule has 0 aliphatic carbocycles. The van der Waals surface area contributed by atoms with Crippen molar-refractivity contribution in [2.24, 2.45) is 0 Å². The molecule has 0 unspecified atom stereocenters. The number of β-amino-alcohol motifs (C(OH)–C–C–N with tert-alkyl or cyclic N) is 1. The van der Waals surface area contributed by atoms with Gasteiger partial charge in [-0.05, 0) is 36.2 Å². The Bertz CT molecular complexity index is 883. The zero-order chi connectivity index (χ0) is 18.0. The van der Waals surface area contributed by atoms with Gasteiger partial charge in [0.05, 0.1) is 19.3 Å². The highest BCUT2D eigenvalue weighted by Crippen LogP contribution is 2.34. The van der Waals surface area contributed by atoms with Gasteiger partial charge in [0.15, 0.2) is 5.82 Å². The van der Waals surface area contributed by atoms with Gasteiger partial charge in [0.1, 0.15) is 11.4 Å². The van der Waals surface area contributed by atoms with Crippen LogP contribution in [0, 0.1) is 0 Å². The molecule has 0 amide bonds. The molecule has 132 valence electrons. The topological polar surface area (TPSA) is 58.5 Å². The van der Waals surface area contributed by atoms with Crippen molar-refractivity contribution in [1.82, 2.24) is 10.2 Å². The van der Waals surface area contributed by atoms with Gasteiger partial charge in [0.2, 0.25) is 0 Å². The Morgan fingerprint density at radius 2 is 1.73 bits per heavy atom. The number of para-hydroxylation sites is 1. The van der Waals surface area contributed by atoms with Crippen LogP contribution in [0.1, 0.15) is 12.0 Å². The standard InChI is InChI=1S/C21H21N3O2/c1-26-19-10-6-5-9-17(19)18-11-12-20(23-22-18)24-14-13-21(25,15-24)16-7-3-2-4-8-16/h2-12,25H,13-15H2,1H3/t21-/m0/s1. The number of hydrogen-bond donors (Lipinski definition) is 1. The minimum atomic E-state index is -0.843. The smallest absolute Gasteiger partial charge is 0.151 e. The van der Waals surface area contributed by atoms with Crippen molar-refractivity contribution >= 4 is 5.82 Å². The summed E-state index contributed by atoms with van der Waals surface area (Å²) in [6.45, 7) is 1.26. The Kier molecular flexibility index (Phi) is 4.31. The number of benzene rings is 2. The molecule has 2 heterocycles. The number of anilines is 1. The van der Waals surface area contributed by atoms with E-state index in [9.17, 15) is 5.11 Å². The van der Waals surface area contributed by atoms with E-state index in [2.05, 4.69) is 15.1 Å². The van der Waals surface area contributed by atoms with E-state index in [1.807, 2.05) is 66.7 Å². The van der Waals surface area contributed by atoms with Crippen molar-refractivity contribution in [2.75, 3.05) is 25.1 Å². The average Bonchev–Trinajstić information content (AvgIpc) is 3.12. The largest absolute Gasteiger partial charge is 0.496 e. The van der Waals surface area contributed by atoms with Crippen LogP contribution in [0.5, 0.6) is 5.75 Å². The Morgan fingerprint density at radius 1 is 0.962 bits per heavy atom. The second kappa shape index (κ2) is 6.77. The third kappa shape index (κ3) is 3.02. The van der Waals surface area contributed by atoms with Crippen LogP contribution in [-0.4, -0.2) is 35.5 Å². The van der Waals surface area contributed by atoms with Gasteiger partial charge in [-0.1, -0.05) is 42.5 Å². The minimum absolute atomic E-state index is 0.514. The molecule has 0 spiro atoms. The van der Waals surface area contributed by atoms with Crippen LogP contribution in [0.2, 0.25) is 0 Å². The van der Waals surface area contributed by atoms with E-state index in [-0.39, 0.29) is 0 Å². The van der Waals surface area contributed by atoms with Gasteiger partial charge < -0.3 is 14.7 Å². The number of rotatable bonds is 4. The Morgan fingerprint density at radius 3 is 2.46 bits per heavy atom. The molecule has 1 atom stereocenters. The van der Waals surface area contributed by atoms with E-state index in [1.165, 1.54) is 0 Å². The lowest BCUT2D eigenvalue weighted by atomic mass is 9.93. The summed E-state index contributed by atoms with van der Waals surface area (Å²) in [5.74, 6) is 1.55. The van der Waals surface area contributed by atoms with E-state index in [1.54, 1.807) is 7.11 Å². The first kappa shape index (κ1) is 16.5. The first-order valence-corrected chi connectivity index (χ1v) is 8.70. The molecule has 3 aromatic rings. The molecule has 1 aromatic heterocycles. The molecule has 2 aromatic carbocycles. The molecular formula is C21H21N3O2. The Balaban J connectivity index is 1.55. The lowest BCUT2D eigenvalue weighted by molar-refractivity contribution is 0.0606. The maximum absolute atomic E-state index is 11.0. The monoisotopic (exact) mass is 347 g/mol. The molecule has 0 saturated carbocycles. The fourth-order valence-corrected chi connectivity index (χ4v) is 3.47. The van der Waals surface area contributed by atoms with E-state index in [4.69, 9.17) is 4.74 Å². The number of aromatic nitrogens is 2. The van der Waals surface area contributed by atoms with Gasteiger partial charge in [-0.25, -0.2) is 0 Å². The summed E-state index contributed by atoms with van der Waals surface area (Å²) in [5.41, 5.74) is 1.78. The lowest BCUT2D eigenvalue weighted by Gasteiger charge is -2.24. The van der Waals surface area contributed by atoms with Crippen LogP contribution < -0.4 is 9.64 Å². The summed E-state index contributed by atoms with van der Waals surface area (Å²) in [6.07, 6.45) is 0.674. The van der Waals surface area contributed by atoms with Crippen molar-refractivity contribution in [3.8, 4) is 17.0 Å². The van der Waals surface area contributed by atoms with Gasteiger partial charge >= 0.3 is 0 Å². The zero-order valence-electron chi connectivity index (χ0n) is 14.7. The molecule has 1 saturated heterocycles. The SMILES string of the molecule is COc1ccccc1-c1ccc(N2CC[C@@](O)(c3ccccc3)C2)nn1. The van der Waals surface area contributed by atoms with Crippen molar-refractivity contribution < 1.29 is 9.84 Å². The quantitative estimate of drug-likeness (QED) is 0.785. The summed E-state index contributed by atoms with van der Waals surface area (Å²) in [7, 11) is 1.65. The summed E-state index contributed by atoms with van der Waals surface area (Å²) in [4.78, 5) is 2.08. The number of ether oxygens (including phenoxy) is 1. The van der Waals surface area contributed by atoms with Crippen LogP contribution in [0.4, 0.5) is 5.82 Å². The molecular weight excluding hydrogens is 326 g/mol. The predicted molar refractivity (Wildman–Crippen MR) is 101 cm³/mol. The van der Waals surface area contributed by atoms with Gasteiger partial charge in [-0.3, -0.25) is 0 Å². The molecule has 1 aliphatic rings. The molecule has 1 N–H and O–H groups in total. The number of aliphatic hydroxyl groups is 1. The lowest BCUT2D eigenvalue weighted by Crippen LogP contribution is -2.31. The number of methoxy groups -OCH3 is 1. The van der Waals surface area contributed by atoms with Gasteiger partial charge in [-0.2, -0.15) is 0 Å². The van der Waals surface area contributed by atoms with E-state index >= 15 is 0 Å². The van der Waals surface area contributed by atoms with E-state index in [0.717, 1.165) is 34.9 Å². The molecule has 5 heteroatoms. The van der Waals surface area contributed by atoms with E-state index in [0.29, 0.717) is 13.0 Å². The molecule has 26 heavy (non-hydrogen) atoms. The highest BCUT2D eigenvalue weighted by Gasteiger charge is 2.38. The third-order valence-corrected chi connectivity index (χ3v) is 4.92. The fraction of sp³-hybridized carbons (Fsp3) is 0.238. The van der Waals surface area contributed by atoms with Gasteiger partial charge in [-0.15, -0.1) is 10.2 Å². The number of nitrogens with zero attached hydrogens (tertiary/aromatic N) is 3. The summed E-state index contributed by atoms with van der Waals surface area (Å²) in [6, 6.07) is 21.5. The third-order valence-electron chi connectivity index (χ3n) is 4.92. The summed E-state index contributed by atoms with van der Waals surface area (Å²) in [5, 5.41) is 19.7. The second-order valence-corrected chi connectivity index (χ2v) is 6.55. The van der Waals surface area contributed by atoms with Crippen LogP contribution in [0.25, 0.3) is 11.3 Å². The first-order chi connectivity index (χ1) is 12.7. The van der Waals surface area contributed by atoms with Crippen LogP contribution in [0.15, 0.2) is 66.7 Å². The molecule has 0 radical (unpaired) electrons. The second-order valence-electron chi connectivity index (χ2n) is 6.55. The van der Waals surface area contributed by atoms with Gasteiger partial charge in [0, 0.05) is 12.1 Å². The maximum atomic E-state index is 11.0. The predicted octanol–water partition coefficient (Wildman–Crippen LogP) is 3.25. The first-order valence-electron chi connectivity index (χ1n) is 8.70. The van der Waals surface area contributed by atoms with Crippen molar-refractivity contribution in [2.45, 2.75) is 12.0 Å². The van der Waals surface area contributed by atoms with Crippen molar-refractivity contribution in [1.29, 1.82) is 0 Å². The normalized spacial score (nSPS) is 19.5. The van der Waals surface area contributed by atoms with Crippen LogP contribution in [-0.2, 0) is 5.60 Å². The molecule has 0 bridgehead atoms. The van der Waals surface area contributed by atoms with E-state index < -0.39 is 5.60 Å². The van der Waals surface area contributed by atoms with Gasteiger partial charge in [0.25, 0.3) is 0 Å².